The first-order valence-electron chi connectivity index (χ1n) is 10.1. The third-order valence-electron chi connectivity index (χ3n) is 4.80. The quantitative estimate of drug-likeness (QED) is 0.386. The average Bonchev–Trinajstić information content (AvgIpc) is 3.04. The number of ether oxygens (including phenoxy) is 1. The minimum Gasteiger partial charge on any atom is -0.454 e. The number of carbonyl (C=O) groups is 5. The molecular formula is C23H23N3O6. The Morgan fingerprint density at radius 2 is 1.44 bits per heavy atom. The van der Waals surface area contributed by atoms with Crippen molar-refractivity contribution in [2.75, 3.05) is 6.61 Å². The molecule has 166 valence electrons. The molecule has 1 atom stereocenters. The Balaban J connectivity index is 1.61. The van der Waals surface area contributed by atoms with Crippen molar-refractivity contribution in [3.05, 3.63) is 71.3 Å². The zero-order valence-electron chi connectivity index (χ0n) is 17.7. The molecule has 0 aromatic heterocycles. The summed E-state index contributed by atoms with van der Waals surface area (Å²) in [5, 5.41) is 0. The lowest BCUT2D eigenvalue weighted by atomic mass is 10.0. The summed E-state index contributed by atoms with van der Waals surface area (Å²) in [6, 6.07) is 13.4. The Morgan fingerprint density at radius 3 is 2.00 bits per heavy atom. The van der Waals surface area contributed by atoms with Gasteiger partial charge in [-0.15, -0.1) is 0 Å². The van der Waals surface area contributed by atoms with Crippen molar-refractivity contribution < 1.29 is 28.7 Å². The van der Waals surface area contributed by atoms with Crippen molar-refractivity contribution in [2.45, 2.75) is 26.3 Å². The number of nitrogens with zero attached hydrogens (tertiary/aromatic N) is 1. The van der Waals surface area contributed by atoms with Crippen molar-refractivity contribution in [1.29, 1.82) is 0 Å². The molecule has 0 fully saturated rings. The highest BCUT2D eigenvalue weighted by atomic mass is 16.5. The first-order chi connectivity index (χ1) is 15.3. The van der Waals surface area contributed by atoms with Crippen molar-refractivity contribution in [2.24, 2.45) is 5.92 Å². The van der Waals surface area contributed by atoms with Gasteiger partial charge < -0.3 is 4.74 Å². The predicted molar refractivity (Wildman–Crippen MR) is 113 cm³/mol. The summed E-state index contributed by atoms with van der Waals surface area (Å²) in [7, 11) is 0. The van der Waals surface area contributed by atoms with Crippen LogP contribution in [0.4, 0.5) is 0 Å². The normalized spacial score (nSPS) is 13.5. The molecule has 0 unspecified atom stereocenters. The van der Waals surface area contributed by atoms with Gasteiger partial charge in [0.15, 0.2) is 6.61 Å². The van der Waals surface area contributed by atoms with Gasteiger partial charge >= 0.3 is 5.97 Å². The van der Waals surface area contributed by atoms with E-state index in [1.54, 1.807) is 42.5 Å². The number of hydrogen-bond donors (Lipinski definition) is 2. The summed E-state index contributed by atoms with van der Waals surface area (Å²) < 4.78 is 5.06. The van der Waals surface area contributed by atoms with Crippen molar-refractivity contribution in [3.8, 4) is 0 Å². The summed E-state index contributed by atoms with van der Waals surface area (Å²) in [4.78, 5) is 63.1. The fourth-order valence-electron chi connectivity index (χ4n) is 3.30. The molecule has 9 heteroatoms. The van der Waals surface area contributed by atoms with E-state index < -0.39 is 42.2 Å². The van der Waals surface area contributed by atoms with Crippen LogP contribution in [0.5, 0.6) is 0 Å². The topological polar surface area (TPSA) is 122 Å². The van der Waals surface area contributed by atoms with Gasteiger partial charge in [0.2, 0.25) is 0 Å². The number of carbonyl (C=O) groups excluding carboxylic acids is 5. The maximum absolute atomic E-state index is 12.8. The van der Waals surface area contributed by atoms with Gasteiger partial charge in [-0.3, -0.25) is 34.9 Å². The SMILES string of the molecule is CC(C)C[C@H](C(=O)OCC(=O)NNC(=O)c1ccccc1)N1C(=O)c2ccccc2C1=O. The van der Waals surface area contributed by atoms with Crippen LogP contribution in [0.25, 0.3) is 0 Å². The molecule has 32 heavy (non-hydrogen) atoms. The van der Waals surface area contributed by atoms with E-state index in [0.29, 0.717) is 5.56 Å². The Labute approximate surface area is 184 Å². The summed E-state index contributed by atoms with van der Waals surface area (Å²) in [5.74, 6) is -3.36. The van der Waals surface area contributed by atoms with Gasteiger partial charge in [0.1, 0.15) is 6.04 Å². The fourth-order valence-corrected chi connectivity index (χ4v) is 3.30. The number of esters is 1. The van der Waals surface area contributed by atoms with Crippen molar-refractivity contribution in [3.63, 3.8) is 0 Å². The minimum atomic E-state index is -1.17. The molecule has 0 bridgehead atoms. The van der Waals surface area contributed by atoms with Crippen LogP contribution >= 0.6 is 0 Å². The fraction of sp³-hybridized carbons (Fsp3) is 0.261. The van der Waals surface area contributed by atoms with Gasteiger partial charge in [-0.25, -0.2) is 4.79 Å². The largest absolute Gasteiger partial charge is 0.454 e. The maximum Gasteiger partial charge on any atom is 0.329 e. The monoisotopic (exact) mass is 437 g/mol. The second kappa shape index (κ2) is 9.86. The van der Waals surface area contributed by atoms with E-state index in [2.05, 4.69) is 10.9 Å². The smallest absolute Gasteiger partial charge is 0.329 e. The number of imide groups is 1. The van der Waals surface area contributed by atoms with Crippen LogP contribution in [0.3, 0.4) is 0 Å². The number of nitrogens with one attached hydrogen (secondary N) is 2. The summed E-state index contributed by atoms with van der Waals surface area (Å²) in [6.45, 7) is 2.99. The molecule has 0 aliphatic carbocycles. The van der Waals surface area contributed by atoms with E-state index in [0.717, 1.165) is 4.90 Å². The summed E-state index contributed by atoms with van der Waals surface area (Å²) >= 11 is 0. The zero-order chi connectivity index (χ0) is 23.3. The van der Waals surface area contributed by atoms with Gasteiger partial charge in [0.05, 0.1) is 11.1 Å². The van der Waals surface area contributed by atoms with Gasteiger partial charge in [0, 0.05) is 5.56 Å². The molecule has 2 N–H and O–H groups in total. The predicted octanol–water partition coefficient (Wildman–Crippen LogP) is 1.70. The molecule has 1 aliphatic heterocycles. The summed E-state index contributed by atoms with van der Waals surface area (Å²) in [5.41, 5.74) is 5.16. The number of benzene rings is 2. The molecule has 9 nitrogen and oxygen atoms in total. The van der Waals surface area contributed by atoms with Crippen molar-refractivity contribution >= 4 is 29.6 Å². The second-order valence-corrected chi connectivity index (χ2v) is 7.65. The Kier molecular flexibility index (Phi) is 6.99. The van der Waals surface area contributed by atoms with Gasteiger partial charge in [-0.2, -0.15) is 0 Å². The van der Waals surface area contributed by atoms with Crippen LogP contribution in [0.1, 0.15) is 51.3 Å². The first-order valence-corrected chi connectivity index (χ1v) is 10.1. The molecule has 0 spiro atoms. The lowest BCUT2D eigenvalue weighted by molar-refractivity contribution is -0.153. The molecule has 0 radical (unpaired) electrons. The number of fused-ring (bicyclic) bond motifs is 1. The Morgan fingerprint density at radius 1 is 0.875 bits per heavy atom. The number of rotatable bonds is 7. The minimum absolute atomic E-state index is 0.0316. The highest BCUT2D eigenvalue weighted by Crippen LogP contribution is 2.27. The first kappa shape index (κ1) is 22.7. The molecule has 0 saturated heterocycles. The third-order valence-corrected chi connectivity index (χ3v) is 4.80. The molecule has 0 saturated carbocycles. The van der Waals surface area contributed by atoms with E-state index in [1.807, 2.05) is 13.8 Å². The van der Waals surface area contributed by atoms with Crippen molar-refractivity contribution in [1.82, 2.24) is 15.8 Å². The molecule has 1 heterocycles. The van der Waals surface area contributed by atoms with E-state index in [4.69, 9.17) is 4.74 Å². The van der Waals surface area contributed by atoms with E-state index in [1.165, 1.54) is 12.1 Å². The molecule has 1 aliphatic rings. The molecular weight excluding hydrogens is 414 g/mol. The standard InChI is InChI=1S/C23H23N3O6/c1-14(2)12-18(26-21(29)16-10-6-7-11-17(16)22(26)30)23(31)32-13-19(27)24-25-20(28)15-8-4-3-5-9-15/h3-11,14,18H,12-13H2,1-2H3,(H,24,27)(H,25,28)/t18-/m1/s1. The third kappa shape index (κ3) is 5.00. The Bertz CT molecular complexity index is 1020. The van der Waals surface area contributed by atoms with E-state index in [9.17, 15) is 24.0 Å². The van der Waals surface area contributed by atoms with Crippen LogP contribution in [-0.2, 0) is 14.3 Å². The molecule has 3 rings (SSSR count). The molecule has 2 aromatic carbocycles. The lowest BCUT2D eigenvalue weighted by Crippen LogP contribution is -2.48. The highest BCUT2D eigenvalue weighted by molar-refractivity contribution is 6.22. The van der Waals surface area contributed by atoms with Gasteiger partial charge in [0.25, 0.3) is 23.6 Å². The number of amides is 4. The molecule has 2 aromatic rings. The highest BCUT2D eigenvalue weighted by Gasteiger charge is 2.43. The van der Waals surface area contributed by atoms with Crippen LogP contribution in [0.2, 0.25) is 0 Å². The zero-order valence-corrected chi connectivity index (χ0v) is 17.7. The second-order valence-electron chi connectivity index (χ2n) is 7.65. The lowest BCUT2D eigenvalue weighted by Gasteiger charge is -2.25. The Hall–Kier alpha value is -4.01. The van der Waals surface area contributed by atoms with Crippen LogP contribution in [0, 0.1) is 5.92 Å². The van der Waals surface area contributed by atoms with E-state index in [-0.39, 0.29) is 23.5 Å². The number of hydrogen-bond acceptors (Lipinski definition) is 6. The average molecular weight is 437 g/mol. The number of hydrazine groups is 1. The van der Waals surface area contributed by atoms with Crippen LogP contribution in [0.15, 0.2) is 54.6 Å². The molecule has 4 amide bonds. The van der Waals surface area contributed by atoms with Crippen LogP contribution in [-0.4, -0.2) is 47.1 Å². The van der Waals surface area contributed by atoms with Gasteiger partial charge in [-0.1, -0.05) is 44.2 Å². The van der Waals surface area contributed by atoms with E-state index >= 15 is 0 Å². The van der Waals surface area contributed by atoms with Crippen LogP contribution < -0.4 is 10.9 Å². The maximum atomic E-state index is 12.8. The van der Waals surface area contributed by atoms with Gasteiger partial charge in [-0.05, 0) is 36.6 Å². The summed E-state index contributed by atoms with van der Waals surface area (Å²) in [6.07, 6.45) is 0.177.